The number of carbonyl (C=O) groups is 4. The van der Waals surface area contributed by atoms with Gasteiger partial charge in [0.2, 0.25) is 6.79 Å². The molecule has 0 radical (unpaired) electrons. The minimum Gasteiger partial charge on any atom is -0.446 e. The number of esters is 3. The molecule has 0 aliphatic rings. The summed E-state index contributed by atoms with van der Waals surface area (Å²) in [5.41, 5.74) is 5.05. The summed E-state index contributed by atoms with van der Waals surface area (Å²) >= 11 is 33.1. The van der Waals surface area contributed by atoms with Gasteiger partial charge in [-0.15, -0.1) is 46.4 Å². The standard InChI is InChI=1S/C17H14Cl2O4.C9H8Cl2O2.C8H6Cl2O/c18-9-12-3-1-5-14(7-12)16(20)22-11-23-17(21)15-6-2-4-13(8-15)10-19;10-5-7-2-1-3-8(4-7)9(12)13-6-11;9-5-6-2-1-3-7(4-6)8(10)11/h1-8H,9-11H2;1-4H,5-6H2;1-4H,5H2. The third-order valence-electron chi connectivity index (χ3n) is 5.82. The molecule has 7 nitrogen and oxygen atoms in total. The Hall–Kier alpha value is -3.30. The van der Waals surface area contributed by atoms with Crippen LogP contribution in [0.1, 0.15) is 63.7 Å². The monoisotopic (exact) mass is 758 g/mol. The van der Waals surface area contributed by atoms with Crippen molar-refractivity contribution in [3.05, 3.63) is 142 Å². The zero-order valence-electron chi connectivity index (χ0n) is 24.6. The Kier molecular flexibility index (Phi) is 18.9. The molecule has 47 heavy (non-hydrogen) atoms. The smallest absolute Gasteiger partial charge is 0.341 e. The maximum absolute atomic E-state index is 11.9. The summed E-state index contributed by atoms with van der Waals surface area (Å²) in [6, 6.07) is 27.2. The van der Waals surface area contributed by atoms with Crippen LogP contribution >= 0.6 is 69.6 Å². The van der Waals surface area contributed by atoms with Crippen molar-refractivity contribution in [3.8, 4) is 0 Å². The van der Waals surface area contributed by atoms with Crippen molar-refractivity contribution in [3.63, 3.8) is 0 Å². The van der Waals surface area contributed by atoms with Crippen LogP contribution in [0.5, 0.6) is 0 Å². The van der Waals surface area contributed by atoms with Crippen molar-refractivity contribution >= 4 is 92.8 Å². The number of carbonyl (C=O) groups excluding carboxylic acids is 4. The first-order chi connectivity index (χ1) is 22.6. The fourth-order valence-electron chi connectivity index (χ4n) is 3.56. The van der Waals surface area contributed by atoms with E-state index in [0.29, 0.717) is 45.8 Å². The number of halogens is 6. The molecule has 0 atom stereocenters. The first-order valence-electron chi connectivity index (χ1n) is 13.5. The highest BCUT2D eigenvalue weighted by Gasteiger charge is 2.11. The molecule has 0 spiro atoms. The van der Waals surface area contributed by atoms with Crippen LogP contribution in [0, 0.1) is 0 Å². The summed E-state index contributed by atoms with van der Waals surface area (Å²) < 4.78 is 14.5. The lowest BCUT2D eigenvalue weighted by atomic mass is 10.1. The zero-order valence-corrected chi connectivity index (χ0v) is 29.1. The van der Waals surface area contributed by atoms with Crippen molar-refractivity contribution in [2.24, 2.45) is 0 Å². The summed E-state index contributed by atoms with van der Waals surface area (Å²) in [6.07, 6.45) is 0. The molecule has 0 heterocycles. The third kappa shape index (κ3) is 14.6. The predicted molar refractivity (Wildman–Crippen MR) is 186 cm³/mol. The molecule has 0 saturated carbocycles. The topological polar surface area (TPSA) is 96.0 Å². The van der Waals surface area contributed by atoms with Crippen LogP contribution in [0.15, 0.2) is 97.1 Å². The number of benzene rings is 4. The van der Waals surface area contributed by atoms with Gasteiger partial charge in [-0.2, -0.15) is 0 Å². The van der Waals surface area contributed by atoms with Crippen molar-refractivity contribution in [2.45, 2.75) is 23.5 Å². The Morgan fingerprint density at radius 2 is 0.745 bits per heavy atom. The van der Waals surface area contributed by atoms with E-state index in [1.54, 1.807) is 84.9 Å². The van der Waals surface area contributed by atoms with E-state index < -0.39 is 29.9 Å². The second-order valence-corrected chi connectivity index (χ2v) is 10.8. The van der Waals surface area contributed by atoms with Gasteiger partial charge in [0.05, 0.1) is 16.7 Å². The summed E-state index contributed by atoms with van der Waals surface area (Å²) in [6.45, 7) is -0.464. The molecule has 0 aromatic heterocycles. The lowest BCUT2D eigenvalue weighted by Crippen LogP contribution is -2.13. The second-order valence-electron chi connectivity index (χ2n) is 9.13. The van der Waals surface area contributed by atoms with Gasteiger partial charge < -0.3 is 14.2 Å². The van der Waals surface area contributed by atoms with Gasteiger partial charge in [0.15, 0.2) is 6.07 Å². The van der Waals surface area contributed by atoms with E-state index in [9.17, 15) is 19.2 Å². The van der Waals surface area contributed by atoms with Crippen molar-refractivity contribution in [2.75, 3.05) is 12.9 Å². The normalized spacial score (nSPS) is 9.91. The molecule has 0 saturated heterocycles. The van der Waals surface area contributed by atoms with Gasteiger partial charge in [-0.3, -0.25) is 4.79 Å². The van der Waals surface area contributed by atoms with E-state index >= 15 is 0 Å². The average Bonchev–Trinajstić information content (AvgIpc) is 3.12. The van der Waals surface area contributed by atoms with Crippen LogP contribution in [0.25, 0.3) is 0 Å². The van der Waals surface area contributed by atoms with Crippen LogP contribution in [-0.2, 0) is 37.7 Å². The van der Waals surface area contributed by atoms with Crippen molar-refractivity contribution in [1.82, 2.24) is 0 Å². The highest BCUT2D eigenvalue weighted by molar-refractivity contribution is 6.67. The van der Waals surface area contributed by atoms with Crippen LogP contribution in [-0.4, -0.2) is 36.0 Å². The number of alkyl halides is 5. The summed E-state index contributed by atoms with van der Waals surface area (Å²) in [5.74, 6) is -0.222. The summed E-state index contributed by atoms with van der Waals surface area (Å²) in [7, 11) is 0. The highest BCUT2D eigenvalue weighted by atomic mass is 35.5. The van der Waals surface area contributed by atoms with E-state index in [1.165, 1.54) is 0 Å². The molecule has 248 valence electrons. The number of rotatable bonds is 11. The molecule has 4 aromatic rings. The lowest BCUT2D eigenvalue weighted by molar-refractivity contribution is -0.0167. The maximum atomic E-state index is 11.9. The Labute approximate surface area is 302 Å². The molecule has 0 aliphatic heterocycles. The Morgan fingerprint density at radius 1 is 0.447 bits per heavy atom. The third-order valence-corrected chi connectivity index (χ3v) is 7.39. The first kappa shape index (κ1) is 39.9. The Bertz CT molecular complexity index is 1570. The molecule has 0 N–H and O–H groups in total. The van der Waals surface area contributed by atoms with Crippen molar-refractivity contribution < 1.29 is 33.4 Å². The first-order valence-corrected chi connectivity index (χ1v) is 16.6. The van der Waals surface area contributed by atoms with Gasteiger partial charge in [-0.25, -0.2) is 14.4 Å². The molecular weight excluding hydrogens is 733 g/mol. The minimum absolute atomic E-state index is 0.135. The van der Waals surface area contributed by atoms with Gasteiger partial charge in [0.1, 0.15) is 0 Å². The van der Waals surface area contributed by atoms with E-state index in [0.717, 1.165) is 22.3 Å². The van der Waals surface area contributed by atoms with Gasteiger partial charge in [0, 0.05) is 29.1 Å². The minimum atomic E-state index is -0.584. The fraction of sp³-hybridized carbons (Fsp3) is 0.176. The fourth-order valence-corrected chi connectivity index (χ4v) is 4.44. The van der Waals surface area contributed by atoms with Gasteiger partial charge >= 0.3 is 17.9 Å². The van der Waals surface area contributed by atoms with E-state index in [1.807, 2.05) is 12.1 Å². The summed E-state index contributed by atoms with van der Waals surface area (Å²) in [4.78, 5) is 45.5. The zero-order chi connectivity index (χ0) is 34.6. The van der Waals surface area contributed by atoms with Crippen molar-refractivity contribution in [1.29, 1.82) is 0 Å². The molecule has 0 amide bonds. The largest absolute Gasteiger partial charge is 0.446 e. The van der Waals surface area contributed by atoms with E-state index in [2.05, 4.69) is 4.74 Å². The molecule has 0 aliphatic carbocycles. The molecule has 0 bridgehead atoms. The Morgan fingerprint density at radius 3 is 1.04 bits per heavy atom. The molecule has 4 rings (SSSR count). The molecule has 0 unspecified atom stereocenters. The van der Waals surface area contributed by atoms with Gasteiger partial charge in [-0.1, -0.05) is 66.2 Å². The highest BCUT2D eigenvalue weighted by Crippen LogP contribution is 2.12. The van der Waals surface area contributed by atoms with Crippen LogP contribution in [0.2, 0.25) is 0 Å². The second kappa shape index (κ2) is 22.3. The molecular formula is C34H28Cl6O7. The lowest BCUT2D eigenvalue weighted by Gasteiger charge is -2.07. The Balaban J connectivity index is 0.000000270. The van der Waals surface area contributed by atoms with E-state index in [-0.39, 0.29) is 6.07 Å². The number of hydrogen-bond donors (Lipinski definition) is 0. The average molecular weight is 761 g/mol. The van der Waals surface area contributed by atoms with Gasteiger partial charge in [0.25, 0.3) is 5.24 Å². The molecule has 13 heteroatoms. The van der Waals surface area contributed by atoms with E-state index in [4.69, 9.17) is 79.1 Å². The number of hydrogen-bond acceptors (Lipinski definition) is 7. The number of ether oxygens (including phenoxy) is 3. The predicted octanol–water partition coefficient (Wildman–Crippen LogP) is 9.72. The SMILES string of the molecule is O=C(Cl)c1cccc(CCl)c1.O=C(OCCl)c1cccc(CCl)c1.O=C(OCOC(=O)c1cccc(CCl)c1)c1cccc(CCl)c1. The molecule has 4 aromatic carbocycles. The van der Waals surface area contributed by atoms with Crippen LogP contribution in [0.4, 0.5) is 0 Å². The summed E-state index contributed by atoms with van der Waals surface area (Å²) in [5, 5.41) is -0.447. The van der Waals surface area contributed by atoms with Crippen LogP contribution in [0.3, 0.4) is 0 Å². The quantitative estimate of drug-likeness (QED) is 0.0650. The van der Waals surface area contributed by atoms with Gasteiger partial charge in [-0.05, 0) is 76.3 Å². The molecule has 0 fully saturated rings. The van der Waals surface area contributed by atoms with Crippen LogP contribution < -0.4 is 0 Å². The maximum Gasteiger partial charge on any atom is 0.341 e.